The van der Waals surface area contributed by atoms with Crippen LogP contribution in [0.4, 0.5) is 0 Å². The van der Waals surface area contributed by atoms with Gasteiger partial charge < -0.3 is 5.21 Å². The first-order chi connectivity index (χ1) is 6.31. The van der Waals surface area contributed by atoms with Crippen LogP contribution in [0.1, 0.15) is 29.7 Å². The highest BCUT2D eigenvalue weighted by molar-refractivity contribution is 6.02. The Morgan fingerprint density at radius 2 is 2.31 bits per heavy atom. The zero-order valence-electron chi connectivity index (χ0n) is 7.62. The normalized spacial score (nSPS) is 18.7. The van der Waals surface area contributed by atoms with E-state index in [4.69, 9.17) is 5.21 Å². The van der Waals surface area contributed by atoms with Crippen molar-refractivity contribution in [1.29, 1.82) is 0 Å². The highest BCUT2D eigenvalue weighted by atomic mass is 16.4. The van der Waals surface area contributed by atoms with Gasteiger partial charge >= 0.3 is 0 Å². The van der Waals surface area contributed by atoms with Crippen molar-refractivity contribution in [2.75, 3.05) is 0 Å². The summed E-state index contributed by atoms with van der Waals surface area (Å²) in [5.74, 6) is 0. The van der Waals surface area contributed by atoms with Gasteiger partial charge in [-0.25, -0.2) is 0 Å². The monoisotopic (exact) mass is 176 g/mol. The lowest BCUT2D eigenvalue weighted by Crippen LogP contribution is -2.13. The molecule has 0 fully saturated rings. The Balaban J connectivity index is 2.54. The van der Waals surface area contributed by atoms with Crippen molar-refractivity contribution in [2.24, 2.45) is 5.16 Å². The number of rotatable bonds is 0. The molecule has 3 heteroatoms. The molecular weight excluding hydrogens is 164 g/mol. The zero-order chi connectivity index (χ0) is 9.26. The smallest absolute Gasteiger partial charge is 0.0886 e. The van der Waals surface area contributed by atoms with E-state index >= 15 is 0 Å². The summed E-state index contributed by atoms with van der Waals surface area (Å²) in [6.07, 6.45) is 4.74. The van der Waals surface area contributed by atoms with Gasteiger partial charge in [-0.15, -0.1) is 0 Å². The van der Waals surface area contributed by atoms with Gasteiger partial charge in [0.25, 0.3) is 0 Å². The number of nitrogens with zero attached hydrogens (tertiary/aromatic N) is 2. The van der Waals surface area contributed by atoms with Gasteiger partial charge in [-0.05, 0) is 37.8 Å². The van der Waals surface area contributed by atoms with E-state index in [1.54, 1.807) is 0 Å². The van der Waals surface area contributed by atoms with Crippen molar-refractivity contribution >= 4 is 5.71 Å². The summed E-state index contributed by atoms with van der Waals surface area (Å²) in [7, 11) is 0. The lowest BCUT2D eigenvalue weighted by molar-refractivity contribution is 0.317. The maximum atomic E-state index is 8.79. The Kier molecular flexibility index (Phi) is 2.00. The minimum absolute atomic E-state index is 0.775. The van der Waals surface area contributed by atoms with E-state index in [0.29, 0.717) is 0 Å². The quantitative estimate of drug-likeness (QED) is 0.484. The molecule has 1 aromatic rings. The minimum Gasteiger partial charge on any atom is -0.411 e. The average molecular weight is 176 g/mol. The average Bonchev–Trinajstić information content (AvgIpc) is 2.17. The molecule has 1 heterocycles. The van der Waals surface area contributed by atoms with Gasteiger partial charge in [0.05, 0.1) is 5.71 Å². The molecule has 0 saturated carbocycles. The second kappa shape index (κ2) is 3.17. The third-order valence-electron chi connectivity index (χ3n) is 2.37. The molecule has 13 heavy (non-hydrogen) atoms. The third-order valence-corrected chi connectivity index (χ3v) is 2.37. The summed E-state index contributed by atoms with van der Waals surface area (Å²) in [5, 5.41) is 12.1. The Morgan fingerprint density at radius 1 is 1.46 bits per heavy atom. The van der Waals surface area contributed by atoms with Crippen LogP contribution in [0.3, 0.4) is 0 Å². The number of pyridine rings is 1. The number of aryl methyl sites for hydroxylation is 2. The van der Waals surface area contributed by atoms with Crippen molar-refractivity contribution in [3.63, 3.8) is 0 Å². The van der Waals surface area contributed by atoms with Crippen LogP contribution < -0.4 is 0 Å². The minimum atomic E-state index is 0.775. The number of hydrogen-bond donors (Lipinski definition) is 1. The van der Waals surface area contributed by atoms with Crippen LogP contribution in [0, 0.1) is 6.92 Å². The summed E-state index contributed by atoms with van der Waals surface area (Å²) in [5.41, 5.74) is 3.97. The molecule has 1 aliphatic carbocycles. The van der Waals surface area contributed by atoms with Gasteiger partial charge in [-0.3, -0.25) is 4.98 Å². The lowest BCUT2D eigenvalue weighted by atomic mass is 9.93. The van der Waals surface area contributed by atoms with Crippen LogP contribution in [-0.2, 0) is 6.42 Å². The first kappa shape index (κ1) is 8.23. The van der Waals surface area contributed by atoms with Crippen LogP contribution in [-0.4, -0.2) is 15.9 Å². The van der Waals surface area contributed by atoms with Crippen LogP contribution in [0.2, 0.25) is 0 Å². The molecule has 1 aromatic heterocycles. The van der Waals surface area contributed by atoms with Crippen LogP contribution in [0.25, 0.3) is 0 Å². The van der Waals surface area contributed by atoms with Gasteiger partial charge in [0.1, 0.15) is 0 Å². The molecule has 0 spiro atoms. The fourth-order valence-electron chi connectivity index (χ4n) is 1.71. The number of hydrogen-bond acceptors (Lipinski definition) is 3. The molecular formula is C10H12N2O. The second-order valence-corrected chi connectivity index (χ2v) is 3.41. The van der Waals surface area contributed by atoms with E-state index in [1.807, 2.05) is 19.2 Å². The standard InChI is InChI=1S/C10H12N2O/c1-7-5-8-9(11-6-7)3-2-4-10(8)12-13/h5-6,13H,2-4H2,1H3/b12-10+. The first-order valence-electron chi connectivity index (χ1n) is 4.48. The zero-order valence-corrected chi connectivity index (χ0v) is 7.62. The predicted octanol–water partition coefficient (Wildman–Crippen LogP) is 1.90. The molecule has 0 radical (unpaired) electrons. The third kappa shape index (κ3) is 1.41. The molecule has 0 atom stereocenters. The summed E-state index contributed by atoms with van der Waals surface area (Å²) in [4.78, 5) is 4.33. The van der Waals surface area contributed by atoms with Crippen LogP contribution in [0.5, 0.6) is 0 Å². The topological polar surface area (TPSA) is 45.5 Å². The van der Waals surface area contributed by atoms with Gasteiger partial charge in [-0.2, -0.15) is 0 Å². The maximum absolute atomic E-state index is 8.79. The van der Waals surface area contributed by atoms with Gasteiger partial charge in [-0.1, -0.05) is 5.16 Å². The molecule has 0 aromatic carbocycles. The van der Waals surface area contributed by atoms with Crippen LogP contribution >= 0.6 is 0 Å². The van der Waals surface area contributed by atoms with E-state index in [2.05, 4.69) is 10.1 Å². The predicted molar refractivity (Wildman–Crippen MR) is 50.2 cm³/mol. The Bertz CT molecular complexity index is 358. The Morgan fingerprint density at radius 3 is 3.08 bits per heavy atom. The fourth-order valence-corrected chi connectivity index (χ4v) is 1.71. The molecule has 1 aliphatic rings. The molecule has 0 aliphatic heterocycles. The largest absolute Gasteiger partial charge is 0.411 e. The Hall–Kier alpha value is -1.38. The van der Waals surface area contributed by atoms with E-state index in [9.17, 15) is 0 Å². The first-order valence-corrected chi connectivity index (χ1v) is 4.48. The second-order valence-electron chi connectivity index (χ2n) is 3.41. The maximum Gasteiger partial charge on any atom is 0.0886 e. The molecule has 68 valence electrons. The molecule has 0 bridgehead atoms. The summed E-state index contributed by atoms with van der Waals surface area (Å²) >= 11 is 0. The highest BCUT2D eigenvalue weighted by Crippen LogP contribution is 2.20. The summed E-state index contributed by atoms with van der Waals surface area (Å²) in [6.45, 7) is 2.00. The Labute approximate surface area is 77.1 Å². The molecule has 1 N–H and O–H groups in total. The van der Waals surface area contributed by atoms with Crippen molar-refractivity contribution in [3.8, 4) is 0 Å². The SMILES string of the molecule is Cc1cnc2c(c1)/C(=N/O)CCC2. The van der Waals surface area contributed by atoms with Gasteiger partial charge in [0.15, 0.2) is 0 Å². The highest BCUT2D eigenvalue weighted by Gasteiger charge is 2.16. The summed E-state index contributed by atoms with van der Waals surface area (Å²) in [6, 6.07) is 2.04. The van der Waals surface area contributed by atoms with E-state index in [0.717, 1.165) is 41.8 Å². The number of oxime groups is 1. The van der Waals surface area contributed by atoms with Crippen LogP contribution in [0.15, 0.2) is 17.4 Å². The van der Waals surface area contributed by atoms with Crippen molar-refractivity contribution in [3.05, 3.63) is 29.1 Å². The van der Waals surface area contributed by atoms with Gasteiger partial charge in [0.2, 0.25) is 0 Å². The summed E-state index contributed by atoms with van der Waals surface area (Å²) < 4.78 is 0. The van der Waals surface area contributed by atoms with E-state index in [-0.39, 0.29) is 0 Å². The van der Waals surface area contributed by atoms with E-state index < -0.39 is 0 Å². The van der Waals surface area contributed by atoms with Crippen molar-refractivity contribution in [1.82, 2.24) is 4.98 Å². The molecule has 2 rings (SSSR count). The number of aromatic nitrogens is 1. The fraction of sp³-hybridized carbons (Fsp3) is 0.400. The molecule has 3 nitrogen and oxygen atoms in total. The lowest BCUT2D eigenvalue weighted by Gasteiger charge is -2.15. The van der Waals surface area contributed by atoms with Crippen molar-refractivity contribution < 1.29 is 5.21 Å². The molecule has 0 saturated heterocycles. The molecule has 0 unspecified atom stereocenters. The molecule has 0 amide bonds. The number of fused-ring (bicyclic) bond motifs is 1. The van der Waals surface area contributed by atoms with E-state index in [1.165, 1.54) is 0 Å². The van der Waals surface area contributed by atoms with Crippen molar-refractivity contribution in [2.45, 2.75) is 26.2 Å². The van der Waals surface area contributed by atoms with Gasteiger partial charge in [0, 0.05) is 17.5 Å².